The minimum atomic E-state index is -4.72. The first kappa shape index (κ1) is 14.1. The summed E-state index contributed by atoms with van der Waals surface area (Å²) < 4.78 is 48.8. The molecule has 0 fully saturated rings. The monoisotopic (exact) mass is 232 g/mol. The van der Waals surface area contributed by atoms with Gasteiger partial charge in [0, 0.05) is 0 Å². The molecule has 2 nitrogen and oxygen atoms in total. The number of halogens is 3. The van der Waals surface area contributed by atoms with Gasteiger partial charge in [-0.3, -0.25) is 0 Å². The minimum absolute atomic E-state index is 0. The van der Waals surface area contributed by atoms with E-state index in [1.165, 1.54) is 12.1 Å². The fraction of sp³-hybridized carbons (Fsp3) is 0.143. The second-order valence-corrected chi connectivity index (χ2v) is 2.74. The SMILES string of the molecule is [Na+].[O-]Sc1cccc(OC(F)(F)F)c1. The van der Waals surface area contributed by atoms with E-state index in [9.17, 15) is 17.7 Å². The van der Waals surface area contributed by atoms with Crippen molar-refractivity contribution in [1.82, 2.24) is 0 Å². The summed E-state index contributed by atoms with van der Waals surface area (Å²) in [6, 6.07) is 4.89. The Morgan fingerprint density at radius 2 is 1.93 bits per heavy atom. The third-order valence-electron chi connectivity index (χ3n) is 1.14. The molecule has 0 N–H and O–H groups in total. The summed E-state index contributed by atoms with van der Waals surface area (Å²) in [5.41, 5.74) is 0. The van der Waals surface area contributed by atoms with E-state index in [4.69, 9.17) is 0 Å². The number of rotatable bonds is 2. The smallest absolute Gasteiger partial charge is 0.795 e. The molecule has 0 aromatic heterocycles. The van der Waals surface area contributed by atoms with Crippen LogP contribution in [-0.4, -0.2) is 10.9 Å². The van der Waals surface area contributed by atoms with E-state index < -0.39 is 6.36 Å². The predicted molar refractivity (Wildman–Crippen MR) is 39.8 cm³/mol. The molecule has 1 aromatic carbocycles. The molecule has 0 aliphatic rings. The average Bonchev–Trinajstić information content (AvgIpc) is 2.01. The Morgan fingerprint density at radius 3 is 2.43 bits per heavy atom. The van der Waals surface area contributed by atoms with Crippen LogP contribution in [0.4, 0.5) is 13.2 Å². The second kappa shape index (κ2) is 5.87. The van der Waals surface area contributed by atoms with E-state index in [2.05, 4.69) is 4.74 Å². The summed E-state index contributed by atoms with van der Waals surface area (Å²) in [6.07, 6.45) is -4.72. The number of alkyl halides is 3. The maximum absolute atomic E-state index is 11.7. The molecular formula is C7H4F3NaO2S. The van der Waals surface area contributed by atoms with Crippen molar-refractivity contribution in [3.05, 3.63) is 24.3 Å². The standard InChI is InChI=1S/C7H5F3O2S.Na/c8-7(9,10)12-5-2-1-3-6(4-5)13-11;/h1-4,11H;/q;+1/p-1. The maximum atomic E-state index is 11.7. The summed E-state index contributed by atoms with van der Waals surface area (Å²) in [5, 5.41) is 0. The zero-order valence-corrected chi connectivity index (χ0v) is 9.98. The third-order valence-corrected chi connectivity index (χ3v) is 1.58. The Hall–Kier alpha value is 0.120. The zero-order chi connectivity index (χ0) is 9.90. The van der Waals surface area contributed by atoms with Gasteiger partial charge in [-0.1, -0.05) is 6.07 Å². The summed E-state index contributed by atoms with van der Waals surface area (Å²) >= 11 is 0.112. The summed E-state index contributed by atoms with van der Waals surface area (Å²) in [4.78, 5) is 0.182. The van der Waals surface area contributed by atoms with Crippen molar-refractivity contribution in [2.75, 3.05) is 0 Å². The van der Waals surface area contributed by atoms with Crippen LogP contribution >= 0.6 is 12.0 Å². The molecule has 0 aliphatic carbocycles. The maximum Gasteiger partial charge on any atom is 1.00 e. The van der Waals surface area contributed by atoms with E-state index in [0.717, 1.165) is 12.1 Å². The van der Waals surface area contributed by atoms with E-state index in [1.807, 2.05) is 0 Å². The van der Waals surface area contributed by atoms with Gasteiger partial charge in [0.05, 0.1) is 0 Å². The van der Waals surface area contributed by atoms with Crippen molar-refractivity contribution in [3.63, 3.8) is 0 Å². The second-order valence-electron chi connectivity index (χ2n) is 2.11. The molecule has 0 bridgehead atoms. The first-order chi connectivity index (χ1) is 6.01. The summed E-state index contributed by atoms with van der Waals surface area (Å²) in [5.74, 6) is -0.381. The molecule has 14 heavy (non-hydrogen) atoms. The van der Waals surface area contributed by atoms with Gasteiger partial charge in [-0.05, 0) is 23.1 Å². The normalized spacial score (nSPS) is 10.6. The fourth-order valence-electron chi connectivity index (χ4n) is 0.723. The van der Waals surface area contributed by atoms with Crippen molar-refractivity contribution in [2.45, 2.75) is 11.3 Å². The number of hydrogen-bond donors (Lipinski definition) is 0. The number of hydrogen-bond acceptors (Lipinski definition) is 3. The predicted octanol–water partition coefficient (Wildman–Crippen LogP) is -0.188. The Labute approximate surface area is 105 Å². The van der Waals surface area contributed by atoms with Crippen LogP contribution in [0, 0.1) is 0 Å². The van der Waals surface area contributed by atoms with E-state index in [1.54, 1.807) is 0 Å². The largest absolute Gasteiger partial charge is 1.00 e. The molecule has 0 unspecified atom stereocenters. The van der Waals surface area contributed by atoms with Gasteiger partial charge in [0.1, 0.15) is 5.75 Å². The average molecular weight is 232 g/mol. The molecule has 0 spiro atoms. The Balaban J connectivity index is 0.00000169. The molecule has 1 rings (SSSR count). The van der Waals surface area contributed by atoms with Crippen molar-refractivity contribution in [3.8, 4) is 5.75 Å². The molecule has 0 saturated carbocycles. The van der Waals surface area contributed by atoms with Crippen molar-refractivity contribution < 1.29 is 52.0 Å². The van der Waals surface area contributed by atoms with E-state index >= 15 is 0 Å². The van der Waals surface area contributed by atoms with E-state index in [-0.39, 0.29) is 52.2 Å². The van der Waals surface area contributed by atoms with Crippen LogP contribution < -0.4 is 34.3 Å². The zero-order valence-electron chi connectivity index (χ0n) is 7.17. The van der Waals surface area contributed by atoms with Crippen LogP contribution in [0.5, 0.6) is 5.75 Å². The van der Waals surface area contributed by atoms with Crippen LogP contribution in [0.25, 0.3) is 0 Å². The Bertz CT molecular complexity index is 293. The fourth-order valence-corrected chi connectivity index (χ4v) is 1.02. The quantitative estimate of drug-likeness (QED) is 0.523. The number of ether oxygens (including phenoxy) is 1. The summed E-state index contributed by atoms with van der Waals surface area (Å²) in [6.45, 7) is 0. The van der Waals surface area contributed by atoms with Crippen molar-refractivity contribution in [2.24, 2.45) is 0 Å². The van der Waals surface area contributed by atoms with E-state index in [0.29, 0.717) is 0 Å². The van der Waals surface area contributed by atoms with Crippen LogP contribution in [0.3, 0.4) is 0 Å². The first-order valence-electron chi connectivity index (χ1n) is 3.17. The minimum Gasteiger partial charge on any atom is -0.795 e. The molecule has 0 atom stereocenters. The molecule has 0 saturated heterocycles. The van der Waals surface area contributed by atoms with Gasteiger partial charge in [0.25, 0.3) is 0 Å². The number of benzene rings is 1. The van der Waals surface area contributed by atoms with Gasteiger partial charge in [0.15, 0.2) is 0 Å². The van der Waals surface area contributed by atoms with Gasteiger partial charge in [-0.2, -0.15) is 0 Å². The molecule has 0 heterocycles. The van der Waals surface area contributed by atoms with Crippen molar-refractivity contribution in [1.29, 1.82) is 0 Å². The third kappa shape index (κ3) is 5.11. The molecule has 0 radical (unpaired) electrons. The van der Waals surface area contributed by atoms with Crippen LogP contribution in [0.15, 0.2) is 29.2 Å². The Morgan fingerprint density at radius 1 is 1.29 bits per heavy atom. The Kier molecular flexibility index (Phi) is 5.92. The van der Waals surface area contributed by atoms with Crippen LogP contribution in [0.2, 0.25) is 0 Å². The van der Waals surface area contributed by atoms with Gasteiger partial charge in [-0.15, -0.1) is 13.2 Å². The molecule has 7 heteroatoms. The topological polar surface area (TPSA) is 32.3 Å². The van der Waals surface area contributed by atoms with Crippen molar-refractivity contribution >= 4 is 12.0 Å². The van der Waals surface area contributed by atoms with Crippen LogP contribution in [0.1, 0.15) is 0 Å². The molecular weight excluding hydrogens is 228 g/mol. The van der Waals surface area contributed by atoms with Gasteiger partial charge in [-0.25, -0.2) is 12.0 Å². The molecule has 0 aliphatic heterocycles. The summed E-state index contributed by atoms with van der Waals surface area (Å²) in [7, 11) is 0. The van der Waals surface area contributed by atoms with Crippen LogP contribution in [-0.2, 0) is 0 Å². The molecule has 72 valence electrons. The van der Waals surface area contributed by atoms with Gasteiger partial charge < -0.3 is 9.29 Å². The molecule has 0 amide bonds. The van der Waals surface area contributed by atoms with Gasteiger partial charge in [0.2, 0.25) is 0 Å². The van der Waals surface area contributed by atoms with Gasteiger partial charge >= 0.3 is 35.9 Å². The first-order valence-corrected chi connectivity index (χ1v) is 3.91. The molecule has 1 aromatic rings.